The van der Waals surface area contributed by atoms with Crippen molar-refractivity contribution in [1.29, 1.82) is 0 Å². The zero-order valence-electron chi connectivity index (χ0n) is 18.3. The molecule has 2 aliphatic rings. The summed E-state index contributed by atoms with van der Waals surface area (Å²) in [5, 5.41) is 0. The lowest BCUT2D eigenvalue weighted by atomic mass is 9.94. The average Bonchev–Trinajstić information content (AvgIpc) is 2.92. The first kappa shape index (κ1) is 23.1. The second-order valence-corrected chi connectivity index (χ2v) is 9.34. The minimum absolute atomic E-state index is 0.193. The Hall–Kier alpha value is -2.16. The third-order valence-corrected chi connectivity index (χ3v) is 4.38. The zero-order chi connectivity index (χ0) is 22.1. The van der Waals surface area contributed by atoms with Gasteiger partial charge in [0.05, 0.1) is 10.8 Å². The molecule has 0 aromatic heterocycles. The monoisotopic (exact) mass is 413 g/mol. The van der Waals surface area contributed by atoms with Gasteiger partial charge in [-0.2, -0.15) is 0 Å². The smallest absolute Gasteiger partial charge is 0.311 e. The first-order valence-corrected chi connectivity index (χ1v) is 9.62. The molecule has 0 spiro atoms. The predicted octanol–water partition coefficient (Wildman–Crippen LogP) is 2.01. The van der Waals surface area contributed by atoms with E-state index in [2.05, 4.69) is 4.99 Å². The van der Waals surface area contributed by atoms with Crippen LogP contribution >= 0.6 is 0 Å². The highest BCUT2D eigenvalue weighted by molar-refractivity contribution is 5.77. The summed E-state index contributed by atoms with van der Waals surface area (Å²) in [6.45, 7) is 13.0. The minimum Gasteiger partial charge on any atom is -0.462 e. The standard InChI is InChI=1S/C20H31NO8/c1-10-21-13-15(27-11(2)22)14(29-18(24)20(6,7)8)12(28-16(13)26-10)9-25-17(23)19(3,4)5/h12-16H,9H2,1-8H3/t12-,13-,14+,15-,16+/m1/s1. The SMILES string of the molecule is CC(=O)O[C@@H]1[C@H]2N=C(C)O[C@H]2O[C@H](COC(=O)C(C)(C)C)[C@@H]1OC(=O)C(C)(C)C. The fraction of sp³-hybridized carbons (Fsp3) is 0.800. The number of carbonyl (C=O) groups is 3. The molecule has 0 aromatic rings. The van der Waals surface area contributed by atoms with Crippen molar-refractivity contribution in [3.05, 3.63) is 0 Å². The highest BCUT2D eigenvalue weighted by Gasteiger charge is 2.54. The van der Waals surface area contributed by atoms with Gasteiger partial charge in [-0.05, 0) is 41.5 Å². The van der Waals surface area contributed by atoms with Crippen molar-refractivity contribution in [2.45, 2.75) is 86.0 Å². The van der Waals surface area contributed by atoms with Crippen LogP contribution in [0.5, 0.6) is 0 Å². The Labute approximate surface area is 171 Å². The van der Waals surface area contributed by atoms with Gasteiger partial charge in [0, 0.05) is 13.8 Å². The maximum Gasteiger partial charge on any atom is 0.311 e. The Morgan fingerprint density at radius 1 is 0.966 bits per heavy atom. The van der Waals surface area contributed by atoms with Crippen molar-refractivity contribution in [1.82, 2.24) is 0 Å². The molecule has 0 saturated carbocycles. The summed E-state index contributed by atoms with van der Waals surface area (Å²) >= 11 is 0. The van der Waals surface area contributed by atoms with Gasteiger partial charge in [-0.3, -0.25) is 14.4 Å². The van der Waals surface area contributed by atoms with Crippen molar-refractivity contribution in [2.24, 2.45) is 15.8 Å². The van der Waals surface area contributed by atoms with E-state index in [0.29, 0.717) is 5.90 Å². The van der Waals surface area contributed by atoms with Crippen LogP contribution in [0.1, 0.15) is 55.4 Å². The van der Waals surface area contributed by atoms with Gasteiger partial charge >= 0.3 is 17.9 Å². The third kappa shape index (κ3) is 5.68. The molecular formula is C20H31NO8. The molecule has 5 atom stereocenters. The lowest BCUT2D eigenvalue weighted by molar-refractivity contribution is -0.252. The minimum atomic E-state index is -1.02. The lowest BCUT2D eigenvalue weighted by Gasteiger charge is -2.41. The van der Waals surface area contributed by atoms with E-state index < -0.39 is 59.4 Å². The van der Waals surface area contributed by atoms with E-state index >= 15 is 0 Å². The molecule has 164 valence electrons. The van der Waals surface area contributed by atoms with Crippen LogP contribution in [0.15, 0.2) is 4.99 Å². The average molecular weight is 413 g/mol. The molecule has 9 nitrogen and oxygen atoms in total. The first-order chi connectivity index (χ1) is 13.2. The van der Waals surface area contributed by atoms with E-state index in [9.17, 15) is 14.4 Å². The maximum absolute atomic E-state index is 12.6. The lowest BCUT2D eigenvalue weighted by Crippen LogP contribution is -2.60. The quantitative estimate of drug-likeness (QED) is 0.508. The fourth-order valence-electron chi connectivity index (χ4n) is 2.81. The van der Waals surface area contributed by atoms with E-state index in [4.69, 9.17) is 23.7 Å². The molecule has 2 heterocycles. The number of carbonyl (C=O) groups excluding carboxylic acids is 3. The highest BCUT2D eigenvalue weighted by atomic mass is 16.7. The molecule has 0 aliphatic carbocycles. The molecule has 0 aromatic carbocycles. The number of hydrogen-bond acceptors (Lipinski definition) is 9. The second kappa shape index (κ2) is 8.30. The van der Waals surface area contributed by atoms with Crippen LogP contribution in [0.2, 0.25) is 0 Å². The molecule has 29 heavy (non-hydrogen) atoms. The summed E-state index contributed by atoms with van der Waals surface area (Å²) in [6.07, 6.45) is -3.67. The highest BCUT2D eigenvalue weighted by Crippen LogP contribution is 2.34. The summed E-state index contributed by atoms with van der Waals surface area (Å²) in [6, 6.07) is -0.689. The van der Waals surface area contributed by atoms with Crippen LogP contribution < -0.4 is 0 Å². The molecule has 0 bridgehead atoms. The van der Waals surface area contributed by atoms with Crippen molar-refractivity contribution in [2.75, 3.05) is 6.61 Å². The Balaban J connectivity index is 2.31. The Kier molecular flexibility index (Phi) is 6.61. The number of aliphatic imine (C=N–C) groups is 1. The normalized spacial score (nSPS) is 29.2. The van der Waals surface area contributed by atoms with Gasteiger partial charge in [0.15, 0.2) is 24.1 Å². The molecule has 0 radical (unpaired) electrons. The van der Waals surface area contributed by atoms with Crippen LogP contribution in [-0.4, -0.2) is 61.1 Å². The van der Waals surface area contributed by atoms with Gasteiger partial charge in [-0.25, -0.2) is 4.99 Å². The van der Waals surface area contributed by atoms with Crippen LogP contribution in [0.3, 0.4) is 0 Å². The molecule has 0 unspecified atom stereocenters. The summed E-state index contributed by atoms with van der Waals surface area (Å²) < 4.78 is 28.0. The van der Waals surface area contributed by atoms with Crippen molar-refractivity contribution in [3.8, 4) is 0 Å². The fourth-order valence-corrected chi connectivity index (χ4v) is 2.81. The summed E-state index contributed by atoms with van der Waals surface area (Å²) in [4.78, 5) is 40.8. The summed E-state index contributed by atoms with van der Waals surface area (Å²) in [7, 11) is 0. The van der Waals surface area contributed by atoms with Crippen LogP contribution in [0, 0.1) is 10.8 Å². The summed E-state index contributed by atoms with van der Waals surface area (Å²) in [5.41, 5.74) is -1.51. The van der Waals surface area contributed by atoms with Gasteiger partial charge in [0.1, 0.15) is 12.7 Å². The zero-order valence-corrected chi connectivity index (χ0v) is 18.3. The van der Waals surface area contributed by atoms with E-state index in [1.54, 1.807) is 48.5 Å². The number of nitrogens with zero attached hydrogens (tertiary/aromatic N) is 1. The number of hydrogen-bond donors (Lipinski definition) is 0. The van der Waals surface area contributed by atoms with E-state index in [0.717, 1.165) is 0 Å². The van der Waals surface area contributed by atoms with E-state index in [1.165, 1.54) is 6.92 Å². The Bertz CT molecular complexity index is 688. The van der Waals surface area contributed by atoms with Crippen molar-refractivity contribution in [3.63, 3.8) is 0 Å². The molecule has 1 fully saturated rings. The molecular weight excluding hydrogens is 382 g/mol. The first-order valence-electron chi connectivity index (χ1n) is 9.62. The van der Waals surface area contributed by atoms with E-state index in [1.807, 2.05) is 0 Å². The molecule has 0 amide bonds. The number of rotatable bonds is 4. The predicted molar refractivity (Wildman–Crippen MR) is 102 cm³/mol. The number of fused-ring (bicyclic) bond motifs is 1. The Morgan fingerprint density at radius 2 is 1.55 bits per heavy atom. The number of esters is 3. The van der Waals surface area contributed by atoms with Gasteiger partial charge in [-0.15, -0.1) is 0 Å². The van der Waals surface area contributed by atoms with Gasteiger partial charge in [0.2, 0.25) is 6.29 Å². The van der Waals surface area contributed by atoms with Crippen molar-refractivity contribution >= 4 is 23.8 Å². The third-order valence-electron chi connectivity index (χ3n) is 4.38. The second-order valence-electron chi connectivity index (χ2n) is 9.34. The van der Waals surface area contributed by atoms with Crippen LogP contribution in [0.4, 0.5) is 0 Å². The van der Waals surface area contributed by atoms with Gasteiger partial charge in [0.25, 0.3) is 0 Å². The molecule has 9 heteroatoms. The molecule has 0 N–H and O–H groups in total. The van der Waals surface area contributed by atoms with Gasteiger partial charge < -0.3 is 23.7 Å². The van der Waals surface area contributed by atoms with Crippen molar-refractivity contribution < 1.29 is 38.1 Å². The van der Waals surface area contributed by atoms with Gasteiger partial charge in [-0.1, -0.05) is 0 Å². The van der Waals surface area contributed by atoms with Crippen LogP contribution in [0.25, 0.3) is 0 Å². The molecule has 2 aliphatic heterocycles. The summed E-state index contributed by atoms with van der Waals surface area (Å²) in [5.74, 6) is -1.13. The van der Waals surface area contributed by atoms with Crippen LogP contribution in [-0.2, 0) is 38.1 Å². The largest absolute Gasteiger partial charge is 0.462 e. The number of ether oxygens (including phenoxy) is 5. The Morgan fingerprint density at radius 3 is 2.07 bits per heavy atom. The molecule has 2 rings (SSSR count). The molecule has 1 saturated heterocycles. The maximum atomic E-state index is 12.6. The van der Waals surface area contributed by atoms with E-state index in [-0.39, 0.29) is 6.61 Å². The topological polar surface area (TPSA) is 110 Å².